The highest BCUT2D eigenvalue weighted by molar-refractivity contribution is 5.72. The predicted molar refractivity (Wildman–Crippen MR) is 120 cm³/mol. The number of carboxylic acids is 1. The number of pyridine rings is 1. The smallest absolute Gasteiger partial charge is 0.344 e. The zero-order valence-electron chi connectivity index (χ0n) is 18.6. The first-order valence-corrected chi connectivity index (χ1v) is 10.5. The lowest BCUT2D eigenvalue weighted by molar-refractivity contribution is -0.146. The minimum atomic E-state index is -1.33. The number of nitrogens with zero attached hydrogens (tertiary/aromatic N) is 1. The van der Waals surface area contributed by atoms with E-state index in [-0.39, 0.29) is 18.1 Å². The van der Waals surface area contributed by atoms with Crippen molar-refractivity contribution in [2.75, 3.05) is 0 Å². The van der Waals surface area contributed by atoms with E-state index in [1.165, 1.54) is 0 Å². The van der Waals surface area contributed by atoms with Gasteiger partial charge < -0.3 is 20.3 Å². The minimum Gasteiger partial charge on any atom is -0.479 e. The molecule has 0 aliphatic heterocycles. The normalized spacial score (nSPS) is 12.0. The van der Waals surface area contributed by atoms with Crippen LogP contribution in [0.3, 0.4) is 0 Å². The molecule has 1 aromatic heterocycles. The van der Waals surface area contributed by atoms with Crippen molar-refractivity contribution in [3.05, 3.63) is 71.3 Å². The van der Waals surface area contributed by atoms with Gasteiger partial charge in [-0.25, -0.2) is 13.6 Å². The number of aromatic nitrogens is 1. The van der Waals surface area contributed by atoms with Gasteiger partial charge in [-0.1, -0.05) is 38.1 Å². The van der Waals surface area contributed by atoms with Crippen molar-refractivity contribution in [2.24, 2.45) is 11.7 Å². The summed E-state index contributed by atoms with van der Waals surface area (Å²) in [5, 5.41) is 9.35. The molecule has 2 aromatic carbocycles. The van der Waals surface area contributed by atoms with E-state index in [4.69, 9.17) is 15.2 Å². The number of benzene rings is 2. The van der Waals surface area contributed by atoms with E-state index in [2.05, 4.69) is 4.98 Å². The van der Waals surface area contributed by atoms with Gasteiger partial charge in [0.25, 0.3) is 11.8 Å². The third kappa shape index (κ3) is 6.26. The molecular weight excluding hydrogens is 430 g/mol. The minimum absolute atomic E-state index is 0.0196. The second-order valence-electron chi connectivity index (χ2n) is 8.18. The molecule has 33 heavy (non-hydrogen) atoms. The summed E-state index contributed by atoms with van der Waals surface area (Å²) in [5.74, 6) is -4.31. The summed E-state index contributed by atoms with van der Waals surface area (Å²) < 4.78 is 39.6. The molecule has 0 saturated heterocycles. The van der Waals surface area contributed by atoms with Gasteiger partial charge in [0.15, 0.2) is 17.7 Å². The number of ether oxygens (including phenoxy) is 2. The van der Waals surface area contributed by atoms with Gasteiger partial charge in [0.1, 0.15) is 5.75 Å². The summed E-state index contributed by atoms with van der Waals surface area (Å²) in [5.41, 5.74) is 9.26. The van der Waals surface area contributed by atoms with E-state index in [9.17, 15) is 18.7 Å². The van der Waals surface area contributed by atoms with Crippen LogP contribution < -0.4 is 15.2 Å². The number of halogens is 2. The number of carbonyl (C=O) groups is 1. The maximum absolute atomic E-state index is 14.4. The molecule has 6 nitrogen and oxygen atoms in total. The Balaban J connectivity index is 1.92. The van der Waals surface area contributed by atoms with Crippen LogP contribution in [0.1, 0.15) is 31.4 Å². The van der Waals surface area contributed by atoms with Crippen molar-refractivity contribution in [1.82, 2.24) is 4.98 Å². The van der Waals surface area contributed by atoms with Crippen molar-refractivity contribution in [2.45, 2.75) is 39.8 Å². The molecule has 1 unspecified atom stereocenters. The predicted octanol–water partition coefficient (Wildman–Crippen LogP) is 5.46. The molecule has 3 rings (SSSR count). The number of aryl methyl sites for hydroxylation is 1. The van der Waals surface area contributed by atoms with E-state index in [1.54, 1.807) is 26.0 Å². The highest BCUT2D eigenvalue weighted by Gasteiger charge is 2.25. The zero-order valence-corrected chi connectivity index (χ0v) is 18.6. The van der Waals surface area contributed by atoms with Crippen LogP contribution in [-0.2, 0) is 11.3 Å². The van der Waals surface area contributed by atoms with Crippen LogP contribution in [0.4, 0.5) is 8.78 Å². The highest BCUT2D eigenvalue weighted by Crippen LogP contribution is 2.32. The fraction of sp³-hybridized carbons (Fsp3) is 0.280. The molecule has 1 atom stereocenters. The summed E-state index contributed by atoms with van der Waals surface area (Å²) in [6.45, 7) is 5.86. The third-order valence-electron chi connectivity index (χ3n) is 4.84. The number of aliphatic carboxylic acids is 1. The maximum atomic E-state index is 14.4. The van der Waals surface area contributed by atoms with Gasteiger partial charge in [0, 0.05) is 12.6 Å². The van der Waals surface area contributed by atoms with Crippen LogP contribution in [0.2, 0.25) is 0 Å². The molecule has 0 radical (unpaired) electrons. The second-order valence-corrected chi connectivity index (χ2v) is 8.18. The van der Waals surface area contributed by atoms with Crippen LogP contribution >= 0.6 is 0 Å². The average Bonchev–Trinajstić information content (AvgIpc) is 2.75. The fourth-order valence-electron chi connectivity index (χ4n) is 3.31. The summed E-state index contributed by atoms with van der Waals surface area (Å²) in [6, 6.07) is 13.6. The lowest BCUT2D eigenvalue weighted by Crippen LogP contribution is -2.29. The molecule has 0 amide bonds. The van der Waals surface area contributed by atoms with Crippen molar-refractivity contribution >= 4 is 5.97 Å². The molecule has 0 spiro atoms. The number of hydrogen-bond donors (Lipinski definition) is 2. The zero-order chi connectivity index (χ0) is 24.1. The number of nitrogens with two attached hydrogens (primary N) is 1. The van der Waals surface area contributed by atoms with E-state index < -0.39 is 35.5 Å². The molecule has 0 saturated carbocycles. The Morgan fingerprint density at radius 1 is 1.06 bits per heavy atom. The number of carboxylic acid groups (broad SMARTS) is 1. The van der Waals surface area contributed by atoms with Gasteiger partial charge in [-0.3, -0.25) is 0 Å². The van der Waals surface area contributed by atoms with Crippen LogP contribution in [0.5, 0.6) is 17.5 Å². The van der Waals surface area contributed by atoms with Gasteiger partial charge in [-0.2, -0.15) is 4.98 Å². The lowest BCUT2D eigenvalue weighted by atomic mass is 10.0. The first-order chi connectivity index (χ1) is 15.7. The van der Waals surface area contributed by atoms with E-state index >= 15 is 0 Å². The third-order valence-corrected chi connectivity index (χ3v) is 4.84. The monoisotopic (exact) mass is 456 g/mol. The fourth-order valence-corrected chi connectivity index (χ4v) is 3.31. The Morgan fingerprint density at radius 2 is 1.79 bits per heavy atom. The lowest BCUT2D eigenvalue weighted by Gasteiger charge is -2.17. The van der Waals surface area contributed by atoms with Gasteiger partial charge in [-0.05, 0) is 59.7 Å². The molecule has 1 heterocycles. The summed E-state index contributed by atoms with van der Waals surface area (Å²) in [7, 11) is 0. The van der Waals surface area contributed by atoms with Gasteiger partial charge in [-0.15, -0.1) is 0 Å². The van der Waals surface area contributed by atoms with E-state index in [0.29, 0.717) is 12.6 Å². The maximum Gasteiger partial charge on any atom is 0.344 e. The molecule has 0 fully saturated rings. The molecule has 0 aliphatic rings. The van der Waals surface area contributed by atoms with Crippen LogP contribution in [0.25, 0.3) is 11.1 Å². The summed E-state index contributed by atoms with van der Waals surface area (Å²) in [4.78, 5) is 15.2. The molecule has 8 heteroatoms. The Hall–Kier alpha value is -3.52. The molecular formula is C25H26F2N2O4. The molecule has 174 valence electrons. The van der Waals surface area contributed by atoms with Crippen LogP contribution in [-0.4, -0.2) is 22.2 Å². The first-order valence-electron chi connectivity index (χ1n) is 10.5. The SMILES string of the molecule is Cc1cc(Oc2nc(OC(CC(C)C)C(=O)O)c(F)cc2F)cc(-c2cccc(CN)c2)c1. The van der Waals surface area contributed by atoms with E-state index in [1.807, 2.05) is 37.3 Å². The van der Waals surface area contributed by atoms with Gasteiger partial charge >= 0.3 is 5.97 Å². The summed E-state index contributed by atoms with van der Waals surface area (Å²) in [6.07, 6.45) is -1.20. The van der Waals surface area contributed by atoms with Crippen LogP contribution in [0, 0.1) is 24.5 Å². The Morgan fingerprint density at radius 3 is 2.45 bits per heavy atom. The second kappa shape index (κ2) is 10.4. The quantitative estimate of drug-likeness (QED) is 0.444. The highest BCUT2D eigenvalue weighted by atomic mass is 19.1. The molecule has 0 aliphatic carbocycles. The van der Waals surface area contributed by atoms with Gasteiger partial charge in [0.05, 0.1) is 0 Å². The first kappa shape index (κ1) is 24.1. The van der Waals surface area contributed by atoms with Crippen molar-refractivity contribution in [1.29, 1.82) is 0 Å². The Kier molecular flexibility index (Phi) is 7.60. The Labute approximate surface area is 191 Å². The number of rotatable bonds is 9. The largest absolute Gasteiger partial charge is 0.479 e. The average molecular weight is 456 g/mol. The topological polar surface area (TPSA) is 94.7 Å². The van der Waals surface area contributed by atoms with E-state index in [0.717, 1.165) is 22.3 Å². The Bertz CT molecular complexity index is 1150. The molecule has 3 N–H and O–H groups in total. The number of hydrogen-bond acceptors (Lipinski definition) is 5. The summed E-state index contributed by atoms with van der Waals surface area (Å²) >= 11 is 0. The van der Waals surface area contributed by atoms with Crippen molar-refractivity contribution in [3.8, 4) is 28.6 Å². The van der Waals surface area contributed by atoms with Crippen molar-refractivity contribution in [3.63, 3.8) is 0 Å². The van der Waals surface area contributed by atoms with Crippen LogP contribution in [0.15, 0.2) is 48.5 Å². The standard InChI is InChI=1S/C25H26F2N2O4/c1-14(2)7-22(25(30)31)33-24-21(27)12-20(26)23(29-24)32-19-9-15(3)8-18(11-19)17-6-4-5-16(10-17)13-28/h4-6,8-12,14,22H,7,13,28H2,1-3H3,(H,30,31). The van der Waals surface area contributed by atoms with Crippen molar-refractivity contribution < 1.29 is 28.2 Å². The van der Waals surface area contributed by atoms with Gasteiger partial charge in [0.2, 0.25) is 0 Å². The molecule has 0 bridgehead atoms. The molecule has 3 aromatic rings.